The second-order valence-electron chi connectivity index (χ2n) is 4.98. The predicted molar refractivity (Wildman–Crippen MR) is 77.7 cm³/mol. The van der Waals surface area contributed by atoms with Crippen molar-refractivity contribution in [1.29, 1.82) is 0 Å². The van der Waals surface area contributed by atoms with Crippen LogP contribution in [0.15, 0.2) is 24.3 Å². The van der Waals surface area contributed by atoms with E-state index in [0.717, 1.165) is 17.5 Å². The first-order valence-electron chi connectivity index (χ1n) is 6.88. The lowest BCUT2D eigenvalue weighted by Gasteiger charge is -2.14. The molecule has 0 aliphatic carbocycles. The van der Waals surface area contributed by atoms with Crippen molar-refractivity contribution in [3.63, 3.8) is 0 Å². The van der Waals surface area contributed by atoms with Gasteiger partial charge in [-0.15, -0.1) is 0 Å². The summed E-state index contributed by atoms with van der Waals surface area (Å²) >= 11 is 0. The van der Waals surface area contributed by atoms with Crippen LogP contribution in [0.3, 0.4) is 0 Å². The number of hydrogen-bond acceptors (Lipinski definition) is 3. The molecule has 3 N–H and O–H groups in total. The van der Waals surface area contributed by atoms with Crippen LogP contribution in [0.5, 0.6) is 0 Å². The first-order valence-corrected chi connectivity index (χ1v) is 6.88. The van der Waals surface area contributed by atoms with E-state index in [1.54, 1.807) is 0 Å². The molecule has 1 aliphatic rings. The highest BCUT2D eigenvalue weighted by atomic mass is 16.5. The second kappa shape index (κ2) is 7.09. The Balaban J connectivity index is 1.92. The van der Waals surface area contributed by atoms with E-state index in [4.69, 9.17) is 10.5 Å². The summed E-state index contributed by atoms with van der Waals surface area (Å²) in [5.41, 5.74) is 7.28. The molecule has 1 aliphatic heterocycles. The Morgan fingerprint density at radius 2 is 2.40 bits per heavy atom. The Hall–Kier alpha value is -1.83. The van der Waals surface area contributed by atoms with Crippen LogP contribution < -0.4 is 11.1 Å². The van der Waals surface area contributed by atoms with Crippen molar-refractivity contribution in [2.75, 3.05) is 13.2 Å². The molecule has 1 aromatic carbocycles. The summed E-state index contributed by atoms with van der Waals surface area (Å²) in [6, 6.07) is 7.78. The fourth-order valence-electron chi connectivity index (χ4n) is 2.23. The van der Waals surface area contributed by atoms with Gasteiger partial charge >= 0.3 is 0 Å². The molecule has 2 rings (SSSR count). The first kappa shape index (κ1) is 14.6. The van der Waals surface area contributed by atoms with Gasteiger partial charge in [-0.25, -0.2) is 0 Å². The minimum atomic E-state index is -0.310. The lowest BCUT2D eigenvalue weighted by atomic mass is 10.0. The Labute approximate surface area is 119 Å². The van der Waals surface area contributed by atoms with Gasteiger partial charge in [-0.3, -0.25) is 4.79 Å². The smallest absolute Gasteiger partial charge is 0.249 e. The number of rotatable bonds is 3. The SMILES string of the molecule is CC1CCOC1C(=O)NCc1cccc(C#CCN)c1. The highest BCUT2D eigenvalue weighted by molar-refractivity contribution is 5.81. The van der Waals surface area contributed by atoms with Crippen LogP contribution in [0, 0.1) is 17.8 Å². The van der Waals surface area contributed by atoms with Crippen LogP contribution in [0.2, 0.25) is 0 Å². The molecule has 1 amide bonds. The van der Waals surface area contributed by atoms with Gasteiger partial charge in [0.05, 0.1) is 6.54 Å². The van der Waals surface area contributed by atoms with Crippen LogP contribution in [-0.4, -0.2) is 25.2 Å². The molecular weight excluding hydrogens is 252 g/mol. The maximum Gasteiger partial charge on any atom is 0.249 e. The van der Waals surface area contributed by atoms with Crippen LogP contribution in [0.4, 0.5) is 0 Å². The normalized spacial score (nSPS) is 21.1. The molecule has 1 fully saturated rings. The van der Waals surface area contributed by atoms with Gasteiger partial charge in [0.25, 0.3) is 0 Å². The van der Waals surface area contributed by atoms with E-state index in [9.17, 15) is 4.79 Å². The fraction of sp³-hybridized carbons (Fsp3) is 0.438. The zero-order valence-corrected chi connectivity index (χ0v) is 11.7. The van der Waals surface area contributed by atoms with E-state index >= 15 is 0 Å². The van der Waals surface area contributed by atoms with Crippen LogP contribution in [0.1, 0.15) is 24.5 Å². The number of hydrogen-bond donors (Lipinski definition) is 2. The van der Waals surface area contributed by atoms with Gasteiger partial charge in [-0.1, -0.05) is 30.9 Å². The lowest BCUT2D eigenvalue weighted by Crippen LogP contribution is -2.36. The number of benzene rings is 1. The van der Waals surface area contributed by atoms with Crippen molar-refractivity contribution < 1.29 is 9.53 Å². The monoisotopic (exact) mass is 272 g/mol. The Morgan fingerprint density at radius 1 is 1.55 bits per heavy atom. The molecule has 0 spiro atoms. The summed E-state index contributed by atoms with van der Waals surface area (Å²) in [7, 11) is 0. The van der Waals surface area contributed by atoms with Gasteiger partial charge in [0.2, 0.25) is 5.91 Å². The molecule has 20 heavy (non-hydrogen) atoms. The molecule has 2 unspecified atom stereocenters. The van der Waals surface area contributed by atoms with E-state index in [-0.39, 0.29) is 17.9 Å². The zero-order chi connectivity index (χ0) is 14.4. The molecule has 0 saturated carbocycles. The Kier molecular flexibility index (Phi) is 5.16. The van der Waals surface area contributed by atoms with Crippen LogP contribution in [0.25, 0.3) is 0 Å². The Morgan fingerprint density at radius 3 is 3.10 bits per heavy atom. The van der Waals surface area contributed by atoms with E-state index in [0.29, 0.717) is 19.7 Å². The van der Waals surface area contributed by atoms with Gasteiger partial charge in [-0.2, -0.15) is 0 Å². The molecule has 2 atom stereocenters. The summed E-state index contributed by atoms with van der Waals surface area (Å²) in [4.78, 5) is 12.0. The van der Waals surface area contributed by atoms with Crippen LogP contribution in [-0.2, 0) is 16.1 Å². The van der Waals surface area contributed by atoms with Crippen molar-refractivity contribution in [2.24, 2.45) is 11.7 Å². The average Bonchev–Trinajstić information content (AvgIpc) is 2.89. The summed E-state index contributed by atoms with van der Waals surface area (Å²) in [6.45, 7) is 3.55. The van der Waals surface area contributed by atoms with E-state index < -0.39 is 0 Å². The summed E-state index contributed by atoms with van der Waals surface area (Å²) < 4.78 is 5.44. The molecule has 4 heteroatoms. The molecule has 1 aromatic rings. The summed E-state index contributed by atoms with van der Waals surface area (Å²) in [5.74, 6) is 6.05. The number of carbonyl (C=O) groups excluding carboxylic acids is 1. The first-order chi connectivity index (χ1) is 9.70. The molecule has 0 bridgehead atoms. The largest absolute Gasteiger partial charge is 0.368 e. The van der Waals surface area contributed by atoms with E-state index in [1.165, 1.54) is 0 Å². The Bertz CT molecular complexity index is 531. The third kappa shape index (κ3) is 3.83. The number of nitrogens with one attached hydrogen (secondary N) is 1. The molecule has 106 valence electrons. The standard InChI is InChI=1S/C16H20N2O2/c1-12-7-9-20-15(12)16(19)18-11-14-5-2-4-13(10-14)6-3-8-17/h2,4-5,10,12,15H,7-9,11,17H2,1H3,(H,18,19). The van der Waals surface area contributed by atoms with E-state index in [2.05, 4.69) is 17.2 Å². The number of amides is 1. The summed E-state index contributed by atoms with van der Waals surface area (Å²) in [5, 5.41) is 2.92. The molecule has 0 aromatic heterocycles. The van der Waals surface area contributed by atoms with Crippen molar-refractivity contribution in [2.45, 2.75) is 26.0 Å². The van der Waals surface area contributed by atoms with Gasteiger partial charge in [0, 0.05) is 18.7 Å². The highest BCUT2D eigenvalue weighted by Crippen LogP contribution is 2.20. The topological polar surface area (TPSA) is 64.3 Å². The summed E-state index contributed by atoms with van der Waals surface area (Å²) in [6.07, 6.45) is 0.637. The van der Waals surface area contributed by atoms with Crippen molar-refractivity contribution in [3.05, 3.63) is 35.4 Å². The van der Waals surface area contributed by atoms with Crippen molar-refractivity contribution >= 4 is 5.91 Å². The minimum absolute atomic E-state index is 0.0338. The predicted octanol–water partition coefficient (Wildman–Crippen LogP) is 1.04. The van der Waals surface area contributed by atoms with E-state index in [1.807, 2.05) is 31.2 Å². The average molecular weight is 272 g/mol. The fourth-order valence-corrected chi connectivity index (χ4v) is 2.23. The van der Waals surface area contributed by atoms with Crippen LogP contribution >= 0.6 is 0 Å². The van der Waals surface area contributed by atoms with Crippen molar-refractivity contribution in [3.8, 4) is 11.8 Å². The minimum Gasteiger partial charge on any atom is -0.368 e. The second-order valence-corrected chi connectivity index (χ2v) is 4.98. The lowest BCUT2D eigenvalue weighted by molar-refractivity contribution is -0.131. The number of carbonyl (C=O) groups is 1. The third-order valence-corrected chi connectivity index (χ3v) is 3.37. The highest BCUT2D eigenvalue weighted by Gasteiger charge is 2.30. The number of nitrogens with two attached hydrogens (primary N) is 1. The van der Waals surface area contributed by atoms with Gasteiger partial charge in [0.1, 0.15) is 6.10 Å². The third-order valence-electron chi connectivity index (χ3n) is 3.37. The van der Waals surface area contributed by atoms with Gasteiger partial charge < -0.3 is 15.8 Å². The molecule has 0 radical (unpaired) electrons. The molecular formula is C16H20N2O2. The molecule has 1 saturated heterocycles. The molecule has 1 heterocycles. The maximum absolute atomic E-state index is 12.0. The van der Waals surface area contributed by atoms with Gasteiger partial charge in [-0.05, 0) is 30.0 Å². The maximum atomic E-state index is 12.0. The number of ether oxygens (including phenoxy) is 1. The van der Waals surface area contributed by atoms with Gasteiger partial charge in [0.15, 0.2) is 0 Å². The van der Waals surface area contributed by atoms with Crippen molar-refractivity contribution in [1.82, 2.24) is 5.32 Å². The zero-order valence-electron chi connectivity index (χ0n) is 11.7. The molecule has 4 nitrogen and oxygen atoms in total. The quantitative estimate of drug-likeness (QED) is 0.808.